The van der Waals surface area contributed by atoms with Gasteiger partial charge in [-0.05, 0) is 68.3 Å². The highest BCUT2D eigenvalue weighted by molar-refractivity contribution is 9.10. The number of methoxy groups -OCH3 is 2. The van der Waals surface area contributed by atoms with Gasteiger partial charge < -0.3 is 29.5 Å². The Kier molecular flexibility index (Phi) is 8.26. The van der Waals surface area contributed by atoms with Crippen LogP contribution >= 0.6 is 15.9 Å². The molecule has 0 radical (unpaired) electrons. The maximum absolute atomic E-state index is 13.8. The predicted molar refractivity (Wildman–Crippen MR) is 156 cm³/mol. The van der Waals surface area contributed by atoms with Crippen LogP contribution in [-0.4, -0.2) is 51.5 Å². The third-order valence-electron chi connectivity index (χ3n) is 6.74. The van der Waals surface area contributed by atoms with E-state index in [0.717, 1.165) is 27.6 Å². The van der Waals surface area contributed by atoms with E-state index >= 15 is 0 Å². The van der Waals surface area contributed by atoms with Crippen LogP contribution in [0.5, 0.6) is 11.5 Å². The van der Waals surface area contributed by atoms with Crippen LogP contribution in [0.2, 0.25) is 0 Å². The minimum Gasteiger partial charge on any atom is -0.493 e. The molecular weight excluding hydrogens is 548 g/mol. The summed E-state index contributed by atoms with van der Waals surface area (Å²) in [6.45, 7) is -0.660. The summed E-state index contributed by atoms with van der Waals surface area (Å²) < 4.78 is 12.1. The first-order chi connectivity index (χ1) is 18.3. The van der Waals surface area contributed by atoms with E-state index < -0.39 is 0 Å². The Labute approximate surface area is 231 Å². The molecule has 0 spiro atoms. The average Bonchev–Trinajstić information content (AvgIpc) is 2.94. The lowest BCUT2D eigenvalue weighted by atomic mass is 9.94. The maximum Gasteiger partial charge on any atom is 0.259 e. The number of hydrogen-bond donors (Lipinski definition) is 2. The van der Waals surface area contributed by atoms with Gasteiger partial charge in [0.05, 0.1) is 38.7 Å². The molecule has 0 saturated heterocycles. The fourth-order valence-electron chi connectivity index (χ4n) is 4.72. The van der Waals surface area contributed by atoms with Gasteiger partial charge in [-0.15, -0.1) is 0 Å². The van der Waals surface area contributed by atoms with Crippen LogP contribution in [0.3, 0.4) is 0 Å². The van der Waals surface area contributed by atoms with Crippen molar-refractivity contribution in [1.82, 2.24) is 0 Å². The number of aliphatic hydroxyl groups is 2. The molecule has 0 aliphatic carbocycles. The van der Waals surface area contributed by atoms with Crippen LogP contribution in [0.25, 0.3) is 21.9 Å². The monoisotopic (exact) mass is 578 g/mol. The van der Waals surface area contributed by atoms with Crippen LogP contribution in [0.4, 0.5) is 11.4 Å². The van der Waals surface area contributed by atoms with Crippen molar-refractivity contribution in [2.75, 3.05) is 45.2 Å². The third-order valence-corrected chi connectivity index (χ3v) is 7.40. The van der Waals surface area contributed by atoms with Crippen molar-refractivity contribution in [1.29, 1.82) is 0 Å². The smallest absolute Gasteiger partial charge is 0.259 e. The second-order valence-corrected chi connectivity index (χ2v) is 9.90. The van der Waals surface area contributed by atoms with Crippen molar-refractivity contribution in [2.24, 2.45) is 0 Å². The Hall–Kier alpha value is -3.59. The zero-order valence-electron chi connectivity index (χ0n) is 22.1. The van der Waals surface area contributed by atoms with Crippen molar-refractivity contribution in [2.45, 2.75) is 13.2 Å². The number of carbonyl (C=O) groups is 1. The molecule has 0 unspecified atom stereocenters. The van der Waals surface area contributed by atoms with E-state index in [1.165, 1.54) is 0 Å². The molecule has 0 aliphatic heterocycles. The Morgan fingerprint density at radius 1 is 0.895 bits per heavy atom. The summed E-state index contributed by atoms with van der Waals surface area (Å²) in [5, 5.41) is 21.5. The summed E-state index contributed by atoms with van der Waals surface area (Å²) in [5.74, 6) is 0.819. The van der Waals surface area contributed by atoms with Gasteiger partial charge in [-0.1, -0.05) is 30.3 Å². The Balaban J connectivity index is 1.94. The summed E-state index contributed by atoms with van der Waals surface area (Å²) in [7, 11) is 8.88. The molecule has 0 aromatic heterocycles. The van der Waals surface area contributed by atoms with Crippen molar-refractivity contribution < 1.29 is 24.5 Å². The largest absolute Gasteiger partial charge is 0.493 e. The van der Waals surface area contributed by atoms with Gasteiger partial charge in [0, 0.05) is 42.3 Å². The summed E-state index contributed by atoms with van der Waals surface area (Å²) >= 11 is 3.46. The van der Waals surface area contributed by atoms with Gasteiger partial charge in [0.1, 0.15) is 0 Å². The number of fused-ring (bicyclic) bond motifs is 1. The third kappa shape index (κ3) is 4.82. The molecule has 1 amide bonds. The Morgan fingerprint density at radius 2 is 1.61 bits per heavy atom. The van der Waals surface area contributed by atoms with E-state index in [1.807, 2.05) is 67.5 Å². The van der Waals surface area contributed by atoms with Crippen molar-refractivity contribution >= 4 is 44.0 Å². The van der Waals surface area contributed by atoms with Gasteiger partial charge in [-0.25, -0.2) is 0 Å². The van der Waals surface area contributed by atoms with Gasteiger partial charge in [-0.2, -0.15) is 0 Å². The summed E-state index contributed by atoms with van der Waals surface area (Å²) in [6.07, 6.45) is 0. The molecule has 0 saturated carbocycles. The van der Waals surface area contributed by atoms with E-state index in [9.17, 15) is 15.0 Å². The Morgan fingerprint density at radius 3 is 2.18 bits per heavy atom. The molecule has 0 aliphatic rings. The second kappa shape index (κ2) is 11.4. The van der Waals surface area contributed by atoms with Crippen molar-refractivity contribution in [3.05, 3.63) is 81.8 Å². The highest BCUT2D eigenvalue weighted by Gasteiger charge is 2.25. The quantitative estimate of drug-likeness (QED) is 0.282. The van der Waals surface area contributed by atoms with Gasteiger partial charge in [0.25, 0.3) is 5.91 Å². The van der Waals surface area contributed by atoms with Gasteiger partial charge in [0.15, 0.2) is 11.5 Å². The van der Waals surface area contributed by atoms with Gasteiger partial charge in [0.2, 0.25) is 0 Å². The maximum atomic E-state index is 13.8. The van der Waals surface area contributed by atoms with E-state index in [-0.39, 0.29) is 19.1 Å². The molecule has 0 fully saturated rings. The number of halogens is 1. The van der Waals surface area contributed by atoms with E-state index in [2.05, 4.69) is 15.9 Å². The van der Waals surface area contributed by atoms with Crippen LogP contribution in [0, 0.1) is 0 Å². The molecule has 0 heterocycles. The number of nitrogens with zero attached hydrogens (tertiary/aromatic N) is 2. The normalized spacial score (nSPS) is 10.9. The number of carbonyl (C=O) groups excluding carboxylic acids is 1. The molecule has 4 rings (SSSR count). The SMILES string of the molecule is COc1cc2c(N(C)C(=O)c3c(Br)ccc(CO)c3CO)cccc2c(-c2ccc(N(C)C)cc2)c1OC. The lowest BCUT2D eigenvalue weighted by molar-refractivity contribution is 0.0989. The van der Waals surface area contributed by atoms with E-state index in [1.54, 1.807) is 38.3 Å². The molecule has 8 heteroatoms. The molecule has 0 bridgehead atoms. The number of ether oxygens (including phenoxy) is 2. The lowest BCUT2D eigenvalue weighted by Gasteiger charge is -2.24. The Bertz CT molecular complexity index is 1480. The zero-order chi connectivity index (χ0) is 27.6. The van der Waals surface area contributed by atoms with E-state index in [4.69, 9.17) is 9.47 Å². The molecule has 38 heavy (non-hydrogen) atoms. The number of benzene rings is 4. The number of hydrogen-bond acceptors (Lipinski definition) is 6. The topological polar surface area (TPSA) is 82.5 Å². The minimum atomic E-state index is -0.377. The molecule has 198 valence electrons. The average molecular weight is 579 g/mol. The standard InChI is InChI=1S/C30H31BrN2O5/c1-32(2)20-12-9-18(10-13-20)27-21-7-6-8-25(22(21)15-26(37-4)29(27)38-5)33(3)30(36)28-23(17-35)19(16-34)11-14-24(28)31/h6-15,34-35H,16-17H2,1-5H3. The minimum absolute atomic E-state index is 0.283. The van der Waals surface area contributed by atoms with Gasteiger partial charge >= 0.3 is 0 Å². The van der Waals surface area contributed by atoms with Crippen LogP contribution in [0.15, 0.2) is 65.1 Å². The first-order valence-electron chi connectivity index (χ1n) is 12.0. The number of amides is 1. The summed E-state index contributed by atoms with van der Waals surface area (Å²) in [4.78, 5) is 17.4. The van der Waals surface area contributed by atoms with Gasteiger partial charge in [-0.3, -0.25) is 4.79 Å². The molecule has 0 atom stereocenters. The predicted octanol–water partition coefficient (Wildman–Crippen LogP) is 5.61. The first kappa shape index (κ1) is 27.4. The summed E-state index contributed by atoms with van der Waals surface area (Å²) in [6, 6.07) is 19.2. The van der Waals surface area contributed by atoms with E-state index in [0.29, 0.717) is 38.3 Å². The molecule has 7 nitrogen and oxygen atoms in total. The fourth-order valence-corrected chi connectivity index (χ4v) is 5.26. The zero-order valence-corrected chi connectivity index (χ0v) is 23.7. The van der Waals surface area contributed by atoms with Crippen molar-refractivity contribution in [3.8, 4) is 22.6 Å². The molecule has 2 N–H and O–H groups in total. The summed E-state index contributed by atoms with van der Waals surface area (Å²) in [5.41, 5.74) is 4.72. The molecule has 4 aromatic carbocycles. The highest BCUT2D eigenvalue weighted by atomic mass is 79.9. The lowest BCUT2D eigenvalue weighted by Crippen LogP contribution is -2.28. The highest BCUT2D eigenvalue weighted by Crippen LogP contribution is 2.46. The van der Waals surface area contributed by atoms with Crippen molar-refractivity contribution in [3.63, 3.8) is 0 Å². The number of rotatable bonds is 8. The molecule has 4 aromatic rings. The number of aliphatic hydroxyl groups excluding tert-OH is 2. The first-order valence-corrected chi connectivity index (χ1v) is 12.8. The van der Waals surface area contributed by atoms with Crippen LogP contribution in [-0.2, 0) is 13.2 Å². The fraction of sp³-hybridized carbons (Fsp3) is 0.233. The molecular formula is C30H31BrN2O5. The number of anilines is 2. The second-order valence-electron chi connectivity index (χ2n) is 9.04. The van der Waals surface area contributed by atoms with Crippen LogP contribution in [0.1, 0.15) is 21.5 Å². The van der Waals surface area contributed by atoms with Crippen LogP contribution < -0.4 is 19.3 Å².